The summed E-state index contributed by atoms with van der Waals surface area (Å²) >= 11 is 1.98. The molecule has 2 rings (SSSR count). The number of aliphatic hydroxyl groups is 1. The second kappa shape index (κ2) is 5.11. The van der Waals surface area contributed by atoms with Crippen molar-refractivity contribution in [1.82, 2.24) is 0 Å². The minimum absolute atomic E-state index is 0.0213. The van der Waals surface area contributed by atoms with E-state index in [1.807, 2.05) is 0 Å². The SMILES string of the molecule is NS(=O)(=O)c1cc2cc(S(=O)(=O)CCCO)sc2s1. The van der Waals surface area contributed by atoms with Crippen LogP contribution < -0.4 is 5.14 Å². The molecule has 2 aromatic rings. The van der Waals surface area contributed by atoms with Gasteiger partial charge in [-0.1, -0.05) is 0 Å². The molecule has 6 nitrogen and oxygen atoms in total. The minimum atomic E-state index is -3.75. The van der Waals surface area contributed by atoms with Crippen LogP contribution in [0.2, 0.25) is 0 Å². The molecule has 0 bridgehead atoms. The van der Waals surface area contributed by atoms with E-state index in [1.165, 1.54) is 12.1 Å². The van der Waals surface area contributed by atoms with Crippen molar-refractivity contribution in [1.29, 1.82) is 0 Å². The molecule has 3 N–H and O–H groups in total. The molecule has 0 aliphatic heterocycles. The Morgan fingerprint density at radius 1 is 1.11 bits per heavy atom. The van der Waals surface area contributed by atoms with E-state index in [9.17, 15) is 16.8 Å². The summed E-state index contributed by atoms with van der Waals surface area (Å²) in [6, 6.07) is 2.81. The Balaban J connectivity index is 2.42. The summed E-state index contributed by atoms with van der Waals surface area (Å²) < 4.78 is 47.0. The lowest BCUT2D eigenvalue weighted by Gasteiger charge is -1.98. The van der Waals surface area contributed by atoms with Gasteiger partial charge in [-0.15, -0.1) is 22.7 Å². The standard InChI is InChI=1S/C9H11NO5S4/c10-19(14,15)8-5-6-4-7(16-9(6)17-8)18(12,13)3-1-2-11/h4-5,11H,1-3H2,(H2,10,14,15). The van der Waals surface area contributed by atoms with Crippen molar-refractivity contribution in [3.63, 3.8) is 0 Å². The number of hydrogen-bond acceptors (Lipinski definition) is 7. The molecule has 0 atom stereocenters. The van der Waals surface area contributed by atoms with Gasteiger partial charge in [0.05, 0.1) is 9.77 Å². The first kappa shape index (κ1) is 14.9. The topological polar surface area (TPSA) is 115 Å². The Bertz CT molecular complexity index is 767. The van der Waals surface area contributed by atoms with Crippen LogP contribution in [-0.2, 0) is 19.9 Å². The third kappa shape index (κ3) is 3.15. The van der Waals surface area contributed by atoms with Crippen LogP contribution >= 0.6 is 22.7 Å². The van der Waals surface area contributed by atoms with Gasteiger partial charge in [0, 0.05) is 12.0 Å². The van der Waals surface area contributed by atoms with Crippen molar-refractivity contribution in [2.24, 2.45) is 5.14 Å². The average molecular weight is 341 g/mol. The fourth-order valence-corrected chi connectivity index (χ4v) is 6.70. The van der Waals surface area contributed by atoms with E-state index in [1.54, 1.807) is 0 Å². The molecule has 0 aliphatic carbocycles. The number of primary sulfonamides is 1. The van der Waals surface area contributed by atoms with Crippen LogP contribution in [0.5, 0.6) is 0 Å². The summed E-state index contributed by atoms with van der Waals surface area (Å²) in [5, 5.41) is 14.2. The molecule has 0 aliphatic rings. The van der Waals surface area contributed by atoms with Crippen molar-refractivity contribution < 1.29 is 21.9 Å². The highest BCUT2D eigenvalue weighted by Crippen LogP contribution is 2.37. The van der Waals surface area contributed by atoms with Gasteiger partial charge in [-0.25, -0.2) is 22.0 Å². The molecule has 0 aromatic carbocycles. The summed E-state index contributed by atoms with van der Waals surface area (Å²) in [5.41, 5.74) is 0. The monoisotopic (exact) mass is 341 g/mol. The zero-order chi connectivity index (χ0) is 14.3. The van der Waals surface area contributed by atoms with E-state index in [-0.39, 0.29) is 27.2 Å². The van der Waals surface area contributed by atoms with Gasteiger partial charge in [0.15, 0.2) is 9.84 Å². The Morgan fingerprint density at radius 2 is 1.68 bits per heavy atom. The molecule has 0 amide bonds. The zero-order valence-electron chi connectivity index (χ0n) is 9.57. The number of sulfone groups is 1. The van der Waals surface area contributed by atoms with Gasteiger partial charge in [0.1, 0.15) is 8.42 Å². The second-order valence-electron chi connectivity index (χ2n) is 3.81. The number of hydrogen-bond donors (Lipinski definition) is 2. The molecule has 2 heterocycles. The van der Waals surface area contributed by atoms with E-state index in [2.05, 4.69) is 0 Å². The van der Waals surface area contributed by atoms with Crippen LogP contribution in [-0.4, -0.2) is 34.3 Å². The number of fused-ring (bicyclic) bond motifs is 1. The lowest BCUT2D eigenvalue weighted by molar-refractivity contribution is 0.295. The van der Waals surface area contributed by atoms with E-state index in [0.29, 0.717) is 9.40 Å². The van der Waals surface area contributed by atoms with Crippen LogP contribution in [0, 0.1) is 0 Å². The molecule has 0 unspecified atom stereocenters. The summed E-state index contributed by atoms with van der Waals surface area (Å²) in [4.78, 5) is 0. The van der Waals surface area contributed by atoms with Gasteiger partial charge in [-0.05, 0) is 18.6 Å². The number of nitrogens with two attached hydrogens (primary N) is 1. The van der Waals surface area contributed by atoms with Crippen LogP contribution in [0.25, 0.3) is 9.40 Å². The van der Waals surface area contributed by atoms with Gasteiger partial charge >= 0.3 is 0 Å². The predicted molar refractivity (Wildman–Crippen MR) is 74.8 cm³/mol. The van der Waals surface area contributed by atoms with E-state index < -0.39 is 19.9 Å². The maximum absolute atomic E-state index is 11.9. The summed E-state index contributed by atoms with van der Waals surface area (Å²) in [6.07, 6.45) is 0.177. The van der Waals surface area contributed by atoms with Crippen LogP contribution in [0.4, 0.5) is 0 Å². The molecule has 0 radical (unpaired) electrons. The first-order chi connectivity index (χ1) is 8.74. The molecule has 2 aromatic heterocycles. The van der Waals surface area contributed by atoms with Gasteiger partial charge in [0.25, 0.3) is 0 Å². The normalized spacial score (nSPS) is 13.2. The highest BCUT2D eigenvalue weighted by atomic mass is 32.3. The predicted octanol–water partition coefficient (Wildman–Crippen LogP) is 0.766. The third-order valence-corrected chi connectivity index (χ3v) is 8.50. The lowest BCUT2D eigenvalue weighted by Crippen LogP contribution is -2.09. The molecule has 19 heavy (non-hydrogen) atoms. The Kier molecular flexibility index (Phi) is 4.00. The summed E-state index contributed by atoms with van der Waals surface area (Å²) in [5.74, 6) is -0.126. The average Bonchev–Trinajstić information content (AvgIpc) is 2.82. The first-order valence-corrected chi connectivity index (χ1v) is 9.97. The largest absolute Gasteiger partial charge is 0.396 e. The zero-order valence-corrected chi connectivity index (χ0v) is 12.8. The van der Waals surface area contributed by atoms with E-state index >= 15 is 0 Å². The van der Waals surface area contributed by atoms with Gasteiger partial charge in [-0.2, -0.15) is 0 Å². The third-order valence-electron chi connectivity index (χ3n) is 2.33. The maximum atomic E-state index is 11.9. The van der Waals surface area contributed by atoms with Crippen LogP contribution in [0.15, 0.2) is 20.6 Å². The van der Waals surface area contributed by atoms with Gasteiger partial charge < -0.3 is 5.11 Å². The fourth-order valence-electron chi connectivity index (χ4n) is 1.44. The lowest BCUT2D eigenvalue weighted by atomic mass is 10.4. The van der Waals surface area contributed by atoms with Crippen molar-refractivity contribution in [3.8, 4) is 0 Å². The van der Waals surface area contributed by atoms with Gasteiger partial charge in [-0.3, -0.25) is 0 Å². The molecular formula is C9H11NO5S4. The molecule has 10 heteroatoms. The van der Waals surface area contributed by atoms with Crippen molar-refractivity contribution in [2.45, 2.75) is 14.8 Å². The quantitative estimate of drug-likeness (QED) is 0.833. The number of aliphatic hydroxyl groups excluding tert-OH is 1. The first-order valence-electron chi connectivity index (χ1n) is 5.14. The second-order valence-corrected chi connectivity index (χ2v) is 10.3. The van der Waals surface area contributed by atoms with Gasteiger partial charge in [0.2, 0.25) is 10.0 Å². The fraction of sp³-hybridized carbons (Fsp3) is 0.333. The highest BCUT2D eigenvalue weighted by molar-refractivity contribution is 7.94. The van der Waals surface area contributed by atoms with E-state index in [4.69, 9.17) is 10.2 Å². The van der Waals surface area contributed by atoms with Crippen molar-refractivity contribution >= 4 is 51.9 Å². The summed E-state index contributed by atoms with van der Waals surface area (Å²) in [6.45, 7) is -0.186. The Labute approximate surface area is 118 Å². The highest BCUT2D eigenvalue weighted by Gasteiger charge is 2.20. The van der Waals surface area contributed by atoms with Crippen LogP contribution in [0.1, 0.15) is 6.42 Å². The molecular weight excluding hydrogens is 330 g/mol. The van der Waals surface area contributed by atoms with Crippen molar-refractivity contribution in [3.05, 3.63) is 12.1 Å². The summed E-state index contributed by atoms with van der Waals surface area (Å²) in [7, 11) is -7.17. The maximum Gasteiger partial charge on any atom is 0.247 e. The Morgan fingerprint density at radius 3 is 2.21 bits per heavy atom. The minimum Gasteiger partial charge on any atom is -0.396 e. The molecule has 0 fully saturated rings. The molecule has 106 valence electrons. The molecule has 0 saturated carbocycles. The smallest absolute Gasteiger partial charge is 0.247 e. The van der Waals surface area contributed by atoms with Crippen molar-refractivity contribution in [2.75, 3.05) is 12.4 Å². The molecule has 0 saturated heterocycles. The molecule has 0 spiro atoms. The van der Waals surface area contributed by atoms with Crippen LogP contribution in [0.3, 0.4) is 0 Å². The number of rotatable bonds is 5. The Hall–Kier alpha value is -0.520. The number of sulfonamides is 1. The van der Waals surface area contributed by atoms with E-state index in [0.717, 1.165) is 22.7 Å². The number of thiophene rings is 2.